The Kier molecular flexibility index (Phi) is 8.12. The van der Waals surface area contributed by atoms with Gasteiger partial charge < -0.3 is 0 Å². The molecule has 57 heavy (non-hydrogen) atoms. The lowest BCUT2D eigenvalue weighted by atomic mass is 9.85. The van der Waals surface area contributed by atoms with Crippen molar-refractivity contribution in [2.24, 2.45) is 0 Å². The largest absolute Gasteiger partial charge is 0.143 e. The molecule has 0 radical (unpaired) electrons. The second-order valence-electron chi connectivity index (χ2n) is 14.1. The van der Waals surface area contributed by atoms with Gasteiger partial charge in [-0.2, -0.15) is 0 Å². The number of allylic oxidation sites excluding steroid dienone is 5. The lowest BCUT2D eigenvalue weighted by Gasteiger charge is -2.20. The van der Waals surface area contributed by atoms with Crippen molar-refractivity contribution in [2.45, 2.75) is 0 Å². The molecule has 0 bridgehead atoms. The highest BCUT2D eigenvalue weighted by Crippen LogP contribution is 2.52. The molecule has 7 heteroatoms. The smallest absolute Gasteiger partial charge is 0.0449 e. The number of thiophene rings is 7. The summed E-state index contributed by atoms with van der Waals surface area (Å²) in [6, 6.07) is 46.2. The maximum atomic E-state index is 4.33. The van der Waals surface area contributed by atoms with Crippen molar-refractivity contribution in [1.29, 1.82) is 0 Å². The van der Waals surface area contributed by atoms with Crippen molar-refractivity contribution >= 4 is 117 Å². The van der Waals surface area contributed by atoms with Crippen LogP contribution in [0.2, 0.25) is 0 Å². The molecular formula is C50H28S7. The van der Waals surface area contributed by atoms with Gasteiger partial charge >= 0.3 is 0 Å². The van der Waals surface area contributed by atoms with E-state index in [1.165, 1.54) is 114 Å². The molecule has 0 N–H and O–H groups in total. The fourth-order valence-corrected chi connectivity index (χ4v) is 14.9. The predicted octanol–water partition coefficient (Wildman–Crippen LogP) is 18.2. The van der Waals surface area contributed by atoms with Gasteiger partial charge in [0.25, 0.3) is 0 Å². The van der Waals surface area contributed by atoms with Gasteiger partial charge in [0.1, 0.15) is 0 Å². The molecule has 0 unspecified atom stereocenters. The summed E-state index contributed by atoms with van der Waals surface area (Å²) in [4.78, 5) is 14.3. The quantitative estimate of drug-likeness (QED) is 0.134. The first-order valence-corrected chi connectivity index (χ1v) is 24.4. The highest BCUT2D eigenvalue weighted by Gasteiger charge is 2.24. The van der Waals surface area contributed by atoms with E-state index < -0.39 is 0 Å². The summed E-state index contributed by atoms with van der Waals surface area (Å²) in [7, 11) is 0. The van der Waals surface area contributed by atoms with Gasteiger partial charge in [-0.05, 0) is 138 Å². The molecule has 0 saturated heterocycles. The van der Waals surface area contributed by atoms with E-state index >= 15 is 0 Å². The Hall–Kier alpha value is -4.96. The SMILES string of the molecule is C=C1C=CC=C1c1ccc(-c2cc(-c3ccc(-c4cccs4)s3)c3ccc4c(-c5ccc(-c6cccs6)s5)cc(-c5ccc(-c6cccs6)s5)c5ccc2c3c54)s1. The minimum absolute atomic E-state index is 1.07. The zero-order valence-electron chi connectivity index (χ0n) is 30.1. The minimum atomic E-state index is 1.07. The van der Waals surface area contributed by atoms with Crippen molar-refractivity contribution in [3.63, 3.8) is 0 Å². The number of hydrogen-bond donors (Lipinski definition) is 0. The molecule has 0 spiro atoms. The Labute approximate surface area is 357 Å². The van der Waals surface area contributed by atoms with Gasteiger partial charge in [0.2, 0.25) is 0 Å². The van der Waals surface area contributed by atoms with E-state index in [0.717, 1.165) is 5.57 Å². The van der Waals surface area contributed by atoms with Crippen LogP contribution in [-0.2, 0) is 0 Å². The van der Waals surface area contributed by atoms with Crippen LogP contribution in [0, 0.1) is 0 Å². The van der Waals surface area contributed by atoms with Crippen molar-refractivity contribution in [3.8, 4) is 71.0 Å². The van der Waals surface area contributed by atoms with Crippen LogP contribution >= 0.6 is 79.4 Å². The van der Waals surface area contributed by atoms with Gasteiger partial charge in [0, 0.05) is 75.9 Å². The molecule has 7 aromatic heterocycles. The molecular weight excluding hydrogens is 825 g/mol. The Morgan fingerprint density at radius 2 is 0.702 bits per heavy atom. The van der Waals surface area contributed by atoms with Crippen LogP contribution in [-0.4, -0.2) is 0 Å². The Morgan fingerprint density at radius 3 is 1.04 bits per heavy atom. The lowest BCUT2D eigenvalue weighted by molar-refractivity contribution is 1.74. The zero-order chi connectivity index (χ0) is 37.6. The molecule has 11 aromatic rings. The van der Waals surface area contributed by atoms with E-state index in [1.54, 1.807) is 0 Å². The molecule has 7 heterocycles. The zero-order valence-corrected chi connectivity index (χ0v) is 35.8. The normalized spacial score (nSPS) is 13.0. The molecule has 12 rings (SSSR count). The van der Waals surface area contributed by atoms with Crippen LogP contribution < -0.4 is 0 Å². The van der Waals surface area contributed by atoms with E-state index in [2.05, 4.69) is 162 Å². The predicted molar refractivity (Wildman–Crippen MR) is 260 cm³/mol. The number of rotatable bonds is 8. The van der Waals surface area contributed by atoms with Crippen molar-refractivity contribution in [2.75, 3.05) is 0 Å². The summed E-state index contributed by atoms with van der Waals surface area (Å²) in [6.07, 6.45) is 6.40. The Balaban J connectivity index is 1.16. The van der Waals surface area contributed by atoms with Gasteiger partial charge in [-0.25, -0.2) is 0 Å². The van der Waals surface area contributed by atoms with Crippen molar-refractivity contribution in [1.82, 2.24) is 0 Å². The topological polar surface area (TPSA) is 0 Å². The molecule has 1 aliphatic rings. The molecule has 1 aliphatic carbocycles. The second-order valence-corrected chi connectivity index (χ2v) is 21.2. The molecule has 0 atom stereocenters. The second kappa shape index (κ2) is 13.6. The van der Waals surface area contributed by atoms with E-state index in [0.29, 0.717) is 0 Å². The van der Waals surface area contributed by atoms with Gasteiger partial charge in [-0.3, -0.25) is 0 Å². The van der Waals surface area contributed by atoms with E-state index in [9.17, 15) is 0 Å². The van der Waals surface area contributed by atoms with Crippen molar-refractivity contribution in [3.05, 3.63) is 173 Å². The first-order valence-electron chi connectivity index (χ1n) is 18.5. The molecule has 0 nitrogen and oxygen atoms in total. The molecule has 0 fully saturated rings. The minimum Gasteiger partial charge on any atom is -0.143 e. The van der Waals surface area contributed by atoms with Gasteiger partial charge in [0.05, 0.1) is 0 Å². The highest BCUT2D eigenvalue weighted by molar-refractivity contribution is 7.24. The molecule has 0 saturated carbocycles. The van der Waals surface area contributed by atoms with Gasteiger partial charge in [-0.15, -0.1) is 79.4 Å². The van der Waals surface area contributed by atoms with Gasteiger partial charge in [-0.1, -0.05) is 67.3 Å². The van der Waals surface area contributed by atoms with E-state index in [1.807, 2.05) is 79.4 Å². The standard InChI is InChI=1S/C50H28S7/c1-28-6-2-7-29(28)38-15-16-39(54-38)34-26-35(40-17-20-46(55-40)43-8-3-23-51-43)31-13-14-33-37(42-19-22-48(57-42)45-10-5-25-53-45)27-36(32-12-11-30(34)49(31)50(32)33)41-18-21-47(56-41)44-9-4-24-52-44/h2-27H,1H2. The highest BCUT2D eigenvalue weighted by atomic mass is 32.1. The summed E-state index contributed by atoms with van der Waals surface area (Å²) in [5.74, 6) is 0. The molecule has 4 aromatic carbocycles. The fourth-order valence-electron chi connectivity index (χ4n) is 8.23. The van der Waals surface area contributed by atoms with Crippen LogP contribution in [0.15, 0.2) is 168 Å². The van der Waals surface area contributed by atoms with Crippen molar-refractivity contribution < 1.29 is 0 Å². The molecule has 0 amide bonds. The maximum Gasteiger partial charge on any atom is 0.0449 e. The average Bonchev–Trinajstić information content (AvgIpc) is 4.08. The summed E-state index contributed by atoms with van der Waals surface area (Å²) >= 11 is 13.0. The first kappa shape index (κ1) is 34.1. The average molecular weight is 853 g/mol. The lowest BCUT2D eigenvalue weighted by Crippen LogP contribution is -1.92. The molecule has 0 aliphatic heterocycles. The van der Waals surface area contributed by atoms with Gasteiger partial charge in [0.15, 0.2) is 0 Å². The summed E-state index contributed by atoms with van der Waals surface area (Å²) < 4.78 is 0. The summed E-state index contributed by atoms with van der Waals surface area (Å²) in [6.45, 7) is 4.33. The van der Waals surface area contributed by atoms with Crippen LogP contribution in [0.5, 0.6) is 0 Å². The monoisotopic (exact) mass is 852 g/mol. The van der Waals surface area contributed by atoms with Crippen LogP contribution in [0.4, 0.5) is 0 Å². The third-order valence-electron chi connectivity index (χ3n) is 10.8. The maximum absolute atomic E-state index is 4.33. The third kappa shape index (κ3) is 5.60. The number of hydrogen-bond acceptors (Lipinski definition) is 7. The third-order valence-corrected chi connectivity index (χ3v) is 18.6. The van der Waals surface area contributed by atoms with Crippen LogP contribution in [0.25, 0.3) is 109 Å². The van der Waals surface area contributed by atoms with E-state index in [4.69, 9.17) is 0 Å². The van der Waals surface area contributed by atoms with Crippen LogP contribution in [0.3, 0.4) is 0 Å². The number of benzene rings is 4. The molecule has 270 valence electrons. The summed E-state index contributed by atoms with van der Waals surface area (Å²) in [5, 5.41) is 14.4. The fraction of sp³-hybridized carbons (Fsp3) is 0. The first-order chi connectivity index (χ1) is 28.1. The Morgan fingerprint density at radius 1 is 0.351 bits per heavy atom. The van der Waals surface area contributed by atoms with Crippen LogP contribution in [0.1, 0.15) is 4.88 Å². The Bertz CT molecular complexity index is 3260. The summed E-state index contributed by atoms with van der Waals surface area (Å²) in [5.41, 5.74) is 7.46. The van der Waals surface area contributed by atoms with E-state index in [-0.39, 0.29) is 0 Å².